The fourth-order valence-corrected chi connectivity index (χ4v) is 2.68. The second kappa shape index (κ2) is 6.93. The van der Waals surface area contributed by atoms with Crippen LogP contribution in [0.15, 0.2) is 18.2 Å². The molecule has 0 saturated heterocycles. The zero-order valence-corrected chi connectivity index (χ0v) is 11.9. The number of hydrogen-bond donors (Lipinski definition) is 2. The normalized spacial score (nSPS) is 22.1. The van der Waals surface area contributed by atoms with E-state index in [-0.39, 0.29) is 17.7 Å². The average molecular weight is 320 g/mol. The van der Waals surface area contributed by atoms with Gasteiger partial charge in [-0.05, 0) is 37.8 Å². The smallest absolute Gasteiger partial charge is 0.387 e. The van der Waals surface area contributed by atoms with E-state index in [4.69, 9.17) is 16.7 Å². The van der Waals surface area contributed by atoms with Crippen molar-refractivity contribution in [3.63, 3.8) is 0 Å². The lowest BCUT2D eigenvalue weighted by molar-refractivity contribution is -0.142. The predicted octanol–water partition coefficient (Wildman–Crippen LogP) is 4.00. The van der Waals surface area contributed by atoms with E-state index in [0.717, 1.165) is 0 Å². The van der Waals surface area contributed by atoms with Crippen molar-refractivity contribution in [1.29, 1.82) is 0 Å². The maximum absolute atomic E-state index is 12.4. The van der Waals surface area contributed by atoms with Crippen LogP contribution in [-0.4, -0.2) is 23.7 Å². The molecule has 1 aromatic rings. The molecule has 1 fully saturated rings. The van der Waals surface area contributed by atoms with Crippen molar-refractivity contribution in [2.45, 2.75) is 38.3 Å². The summed E-state index contributed by atoms with van der Waals surface area (Å²) < 4.78 is 29.2. The van der Waals surface area contributed by atoms with E-state index in [1.54, 1.807) is 12.1 Å². The van der Waals surface area contributed by atoms with E-state index in [1.807, 2.05) is 0 Å². The highest BCUT2D eigenvalue weighted by molar-refractivity contribution is 6.30. The number of halogens is 3. The Hall–Kier alpha value is -1.56. The van der Waals surface area contributed by atoms with Crippen molar-refractivity contribution in [1.82, 2.24) is 0 Å². The largest absolute Gasteiger partial charge is 0.481 e. The zero-order chi connectivity index (χ0) is 15.4. The fraction of sp³-hybridized carbons (Fsp3) is 0.500. The third-order valence-corrected chi connectivity index (χ3v) is 3.83. The Kier molecular flexibility index (Phi) is 5.22. The maximum Gasteiger partial charge on any atom is 0.387 e. The van der Waals surface area contributed by atoms with Gasteiger partial charge in [0.1, 0.15) is 0 Å². The Morgan fingerprint density at radius 2 is 2.00 bits per heavy atom. The molecule has 0 unspecified atom stereocenters. The van der Waals surface area contributed by atoms with Crippen LogP contribution in [0, 0.1) is 5.92 Å². The van der Waals surface area contributed by atoms with Gasteiger partial charge in [0.15, 0.2) is 5.75 Å². The average Bonchev–Trinajstić information content (AvgIpc) is 2.42. The minimum Gasteiger partial charge on any atom is -0.481 e. The molecule has 21 heavy (non-hydrogen) atoms. The summed E-state index contributed by atoms with van der Waals surface area (Å²) in [7, 11) is 0. The van der Waals surface area contributed by atoms with Gasteiger partial charge in [0.05, 0.1) is 11.6 Å². The second-order valence-electron chi connectivity index (χ2n) is 5.05. The molecule has 0 aromatic heterocycles. The first-order valence-electron chi connectivity index (χ1n) is 6.69. The van der Waals surface area contributed by atoms with Gasteiger partial charge in [-0.1, -0.05) is 11.6 Å². The van der Waals surface area contributed by atoms with Crippen LogP contribution in [-0.2, 0) is 4.79 Å². The standard InChI is InChI=1S/C14H16ClF2NO3/c15-9-3-6-11(12(7-9)21-14(16)17)18-10-4-1-8(2-5-10)13(19)20/h3,6-8,10,14,18H,1-2,4-5H2,(H,19,20). The van der Waals surface area contributed by atoms with Crippen LogP contribution in [0.4, 0.5) is 14.5 Å². The van der Waals surface area contributed by atoms with Crippen molar-refractivity contribution in [3.05, 3.63) is 23.2 Å². The Balaban J connectivity index is 2.01. The van der Waals surface area contributed by atoms with E-state index in [9.17, 15) is 13.6 Å². The van der Waals surface area contributed by atoms with Crippen molar-refractivity contribution in [2.24, 2.45) is 5.92 Å². The first-order valence-corrected chi connectivity index (χ1v) is 7.07. The van der Waals surface area contributed by atoms with Crippen LogP contribution in [0.25, 0.3) is 0 Å². The van der Waals surface area contributed by atoms with Crippen molar-refractivity contribution >= 4 is 23.3 Å². The van der Waals surface area contributed by atoms with Crippen molar-refractivity contribution in [2.75, 3.05) is 5.32 Å². The summed E-state index contributed by atoms with van der Waals surface area (Å²) in [5, 5.41) is 12.4. The molecule has 4 nitrogen and oxygen atoms in total. The number of alkyl halides is 2. The van der Waals surface area contributed by atoms with Crippen LogP contribution in [0.3, 0.4) is 0 Å². The van der Waals surface area contributed by atoms with Crippen LogP contribution in [0.1, 0.15) is 25.7 Å². The SMILES string of the molecule is O=C(O)C1CCC(Nc2ccc(Cl)cc2OC(F)F)CC1. The number of hydrogen-bond acceptors (Lipinski definition) is 3. The van der Waals surface area contributed by atoms with Crippen LogP contribution >= 0.6 is 11.6 Å². The predicted molar refractivity (Wildman–Crippen MR) is 75.1 cm³/mol. The number of rotatable bonds is 5. The Bertz CT molecular complexity index is 505. The molecule has 0 bridgehead atoms. The monoisotopic (exact) mass is 319 g/mol. The van der Waals surface area contributed by atoms with Gasteiger partial charge in [-0.3, -0.25) is 4.79 Å². The highest BCUT2D eigenvalue weighted by Gasteiger charge is 2.26. The van der Waals surface area contributed by atoms with E-state index in [0.29, 0.717) is 36.4 Å². The number of nitrogens with one attached hydrogen (secondary N) is 1. The molecule has 1 aliphatic carbocycles. The third kappa shape index (κ3) is 4.46. The first kappa shape index (κ1) is 15.8. The third-order valence-electron chi connectivity index (χ3n) is 3.60. The zero-order valence-electron chi connectivity index (χ0n) is 11.2. The molecule has 7 heteroatoms. The summed E-state index contributed by atoms with van der Waals surface area (Å²) in [5.41, 5.74) is 0.443. The second-order valence-corrected chi connectivity index (χ2v) is 5.49. The molecule has 0 aliphatic heterocycles. The summed E-state index contributed by atoms with van der Waals surface area (Å²) in [6.07, 6.45) is 2.50. The molecule has 1 aromatic carbocycles. The molecule has 0 spiro atoms. The molecule has 0 atom stereocenters. The highest BCUT2D eigenvalue weighted by atomic mass is 35.5. The number of anilines is 1. The number of aliphatic carboxylic acids is 1. The fourth-order valence-electron chi connectivity index (χ4n) is 2.51. The minimum atomic E-state index is -2.92. The minimum absolute atomic E-state index is 0.00198. The van der Waals surface area contributed by atoms with Gasteiger partial charge >= 0.3 is 12.6 Å². The van der Waals surface area contributed by atoms with E-state index in [1.165, 1.54) is 6.07 Å². The molecule has 0 amide bonds. The van der Waals surface area contributed by atoms with Crippen molar-refractivity contribution < 1.29 is 23.4 Å². The molecule has 2 N–H and O–H groups in total. The Morgan fingerprint density at radius 1 is 1.33 bits per heavy atom. The number of carboxylic acids is 1. The number of benzene rings is 1. The summed E-state index contributed by atoms with van der Waals surface area (Å²) in [5.74, 6) is -1.09. The molecule has 1 aliphatic rings. The van der Waals surface area contributed by atoms with Gasteiger partial charge in [0.2, 0.25) is 0 Å². The quantitative estimate of drug-likeness (QED) is 0.861. The molecular formula is C14H16ClF2NO3. The first-order chi connectivity index (χ1) is 9.95. The molecular weight excluding hydrogens is 304 g/mol. The summed E-state index contributed by atoms with van der Waals surface area (Å²) in [4.78, 5) is 10.9. The van der Waals surface area contributed by atoms with E-state index < -0.39 is 12.6 Å². The van der Waals surface area contributed by atoms with Gasteiger partial charge in [-0.2, -0.15) is 8.78 Å². The summed E-state index contributed by atoms with van der Waals surface area (Å²) in [6.45, 7) is -2.92. The molecule has 2 rings (SSSR count). The summed E-state index contributed by atoms with van der Waals surface area (Å²) >= 11 is 5.78. The van der Waals surface area contributed by atoms with E-state index in [2.05, 4.69) is 10.1 Å². The van der Waals surface area contributed by atoms with Crippen LogP contribution < -0.4 is 10.1 Å². The lowest BCUT2D eigenvalue weighted by Crippen LogP contribution is -2.29. The highest BCUT2D eigenvalue weighted by Crippen LogP contribution is 2.33. The number of ether oxygens (including phenoxy) is 1. The number of carboxylic acid groups (broad SMARTS) is 1. The van der Waals surface area contributed by atoms with Crippen LogP contribution in [0.2, 0.25) is 5.02 Å². The van der Waals surface area contributed by atoms with Gasteiger partial charge < -0.3 is 15.2 Å². The van der Waals surface area contributed by atoms with Crippen molar-refractivity contribution in [3.8, 4) is 5.75 Å². The van der Waals surface area contributed by atoms with E-state index >= 15 is 0 Å². The van der Waals surface area contributed by atoms with Gasteiger partial charge in [-0.15, -0.1) is 0 Å². The topological polar surface area (TPSA) is 58.6 Å². The maximum atomic E-state index is 12.4. The molecule has 116 valence electrons. The van der Waals surface area contributed by atoms with Crippen LogP contribution in [0.5, 0.6) is 5.75 Å². The number of carbonyl (C=O) groups is 1. The lowest BCUT2D eigenvalue weighted by Gasteiger charge is -2.28. The molecule has 0 radical (unpaired) electrons. The Labute approximate surface area is 126 Å². The van der Waals surface area contributed by atoms with Gasteiger partial charge in [0, 0.05) is 17.1 Å². The molecule has 1 saturated carbocycles. The van der Waals surface area contributed by atoms with Gasteiger partial charge in [0.25, 0.3) is 0 Å². The lowest BCUT2D eigenvalue weighted by atomic mass is 9.86. The van der Waals surface area contributed by atoms with Gasteiger partial charge in [-0.25, -0.2) is 0 Å². The summed E-state index contributed by atoms with van der Waals surface area (Å²) in [6, 6.07) is 4.55. The Morgan fingerprint density at radius 3 is 2.57 bits per heavy atom. The molecule has 0 heterocycles.